The highest BCUT2D eigenvalue weighted by atomic mass is 32.1. The summed E-state index contributed by atoms with van der Waals surface area (Å²) in [7, 11) is 0. The molecule has 0 bridgehead atoms. The lowest BCUT2D eigenvalue weighted by atomic mass is 10.3. The molecule has 0 unspecified atom stereocenters. The molecule has 2 heterocycles. The van der Waals surface area contributed by atoms with Gasteiger partial charge in [-0.1, -0.05) is 0 Å². The van der Waals surface area contributed by atoms with E-state index in [-0.39, 0.29) is 10.7 Å². The van der Waals surface area contributed by atoms with Crippen LogP contribution in [0.1, 0.15) is 14.5 Å². The maximum Gasteiger partial charge on any atom is 0.217 e. The van der Waals surface area contributed by atoms with Crippen LogP contribution in [0, 0.1) is 5.82 Å². The van der Waals surface area contributed by atoms with E-state index in [1.165, 1.54) is 12.3 Å². The Morgan fingerprint density at radius 1 is 1.46 bits per heavy atom. The quantitative estimate of drug-likeness (QED) is 0.718. The average Bonchev–Trinajstić information content (AvgIpc) is 2.72. The van der Waals surface area contributed by atoms with Gasteiger partial charge in [-0.05, 0) is 29.0 Å². The second kappa shape index (κ2) is 3.35. The van der Waals surface area contributed by atoms with Crippen LogP contribution in [0.25, 0.3) is 0 Å². The Morgan fingerprint density at radius 2 is 2.31 bits per heavy atom. The normalized spacial score (nSPS) is 10.2. The number of carbonyl (C=O) groups is 1. The van der Waals surface area contributed by atoms with Crippen molar-refractivity contribution in [2.45, 2.75) is 0 Å². The summed E-state index contributed by atoms with van der Waals surface area (Å²) in [6, 6.07) is 2.88. The standard InChI is InChI=1S/C8H4FNOS2/c9-5-2-4-12-8(5)7(11)6-1-3-10-13-6/h1-4H. The van der Waals surface area contributed by atoms with Crippen LogP contribution < -0.4 is 0 Å². The van der Waals surface area contributed by atoms with E-state index in [0.717, 1.165) is 22.9 Å². The fourth-order valence-electron chi connectivity index (χ4n) is 0.901. The molecule has 5 heteroatoms. The fourth-order valence-corrected chi connectivity index (χ4v) is 2.23. The van der Waals surface area contributed by atoms with Crippen molar-refractivity contribution in [3.63, 3.8) is 0 Å². The Balaban J connectivity index is 2.39. The second-order valence-corrected chi connectivity index (χ2v) is 4.05. The minimum Gasteiger partial charge on any atom is -0.287 e. The molecule has 0 atom stereocenters. The van der Waals surface area contributed by atoms with Crippen LogP contribution in [0.5, 0.6) is 0 Å². The van der Waals surface area contributed by atoms with Crippen molar-refractivity contribution < 1.29 is 9.18 Å². The van der Waals surface area contributed by atoms with Crippen molar-refractivity contribution >= 4 is 28.7 Å². The van der Waals surface area contributed by atoms with E-state index in [1.54, 1.807) is 11.4 Å². The molecule has 0 radical (unpaired) electrons. The largest absolute Gasteiger partial charge is 0.287 e. The molecule has 13 heavy (non-hydrogen) atoms. The third kappa shape index (κ3) is 1.52. The number of hydrogen-bond acceptors (Lipinski definition) is 4. The molecule has 0 saturated carbocycles. The van der Waals surface area contributed by atoms with Gasteiger partial charge in [-0.3, -0.25) is 4.79 Å². The lowest BCUT2D eigenvalue weighted by Crippen LogP contribution is -1.97. The number of ketones is 1. The Labute approximate surface area is 81.8 Å². The van der Waals surface area contributed by atoms with E-state index >= 15 is 0 Å². The zero-order valence-electron chi connectivity index (χ0n) is 6.36. The van der Waals surface area contributed by atoms with Crippen LogP contribution >= 0.6 is 22.9 Å². The van der Waals surface area contributed by atoms with Gasteiger partial charge in [0, 0.05) is 6.20 Å². The number of rotatable bonds is 2. The van der Waals surface area contributed by atoms with Gasteiger partial charge in [0.2, 0.25) is 5.78 Å². The summed E-state index contributed by atoms with van der Waals surface area (Å²) in [5.74, 6) is -0.738. The summed E-state index contributed by atoms with van der Waals surface area (Å²) in [6.45, 7) is 0. The SMILES string of the molecule is O=C(c1ccns1)c1sccc1F. The number of thiophene rings is 1. The minimum absolute atomic E-state index is 0.157. The average molecular weight is 213 g/mol. The summed E-state index contributed by atoms with van der Waals surface area (Å²) in [5, 5.41) is 1.56. The predicted molar refractivity (Wildman–Crippen MR) is 49.8 cm³/mol. The van der Waals surface area contributed by atoms with Gasteiger partial charge in [-0.2, -0.15) is 0 Å². The Bertz CT molecular complexity index is 421. The van der Waals surface area contributed by atoms with Crippen molar-refractivity contribution in [1.29, 1.82) is 0 Å². The monoisotopic (exact) mass is 213 g/mol. The third-order valence-electron chi connectivity index (χ3n) is 1.49. The van der Waals surface area contributed by atoms with Crippen molar-refractivity contribution in [2.24, 2.45) is 0 Å². The highest BCUT2D eigenvalue weighted by molar-refractivity contribution is 7.14. The van der Waals surface area contributed by atoms with Crippen LogP contribution in [0.15, 0.2) is 23.7 Å². The van der Waals surface area contributed by atoms with Crippen LogP contribution in [0.2, 0.25) is 0 Å². The van der Waals surface area contributed by atoms with Gasteiger partial charge in [0.1, 0.15) is 10.7 Å². The summed E-state index contributed by atoms with van der Waals surface area (Å²) in [6.07, 6.45) is 1.53. The van der Waals surface area contributed by atoms with Crippen molar-refractivity contribution in [2.75, 3.05) is 0 Å². The molecule has 0 fully saturated rings. The zero-order valence-corrected chi connectivity index (χ0v) is 7.99. The van der Waals surface area contributed by atoms with Crippen molar-refractivity contribution in [3.8, 4) is 0 Å². The van der Waals surface area contributed by atoms with Crippen LogP contribution in [-0.2, 0) is 0 Å². The number of halogens is 1. The van der Waals surface area contributed by atoms with Gasteiger partial charge in [0.25, 0.3) is 0 Å². The number of carbonyl (C=O) groups excluding carboxylic acids is 1. The maximum absolute atomic E-state index is 13.0. The molecule has 0 N–H and O–H groups in total. The second-order valence-electron chi connectivity index (χ2n) is 2.30. The molecular weight excluding hydrogens is 209 g/mol. The predicted octanol–water partition coefficient (Wildman–Crippen LogP) is 2.57. The van der Waals surface area contributed by atoms with Gasteiger partial charge in [-0.25, -0.2) is 8.76 Å². The lowest BCUT2D eigenvalue weighted by molar-refractivity contribution is 0.104. The zero-order chi connectivity index (χ0) is 9.26. The van der Waals surface area contributed by atoms with Crippen molar-refractivity contribution in [3.05, 3.63) is 39.3 Å². The first kappa shape index (κ1) is 8.52. The molecule has 66 valence electrons. The third-order valence-corrected chi connectivity index (χ3v) is 3.12. The molecule has 0 aliphatic heterocycles. The lowest BCUT2D eigenvalue weighted by Gasteiger charge is -1.91. The number of nitrogens with zero attached hydrogens (tertiary/aromatic N) is 1. The Morgan fingerprint density at radius 3 is 2.85 bits per heavy atom. The number of hydrogen-bond donors (Lipinski definition) is 0. The van der Waals surface area contributed by atoms with E-state index in [1.807, 2.05) is 0 Å². The van der Waals surface area contributed by atoms with E-state index in [2.05, 4.69) is 4.37 Å². The first-order valence-corrected chi connectivity index (χ1v) is 5.12. The molecule has 2 rings (SSSR count). The molecule has 0 aliphatic rings. The van der Waals surface area contributed by atoms with Gasteiger partial charge in [0.05, 0.1) is 4.88 Å². The molecule has 0 aliphatic carbocycles. The summed E-state index contributed by atoms with van der Waals surface area (Å²) in [5.41, 5.74) is 0. The molecule has 0 saturated heterocycles. The van der Waals surface area contributed by atoms with Crippen LogP contribution in [-0.4, -0.2) is 10.2 Å². The maximum atomic E-state index is 13.0. The highest BCUT2D eigenvalue weighted by Gasteiger charge is 2.16. The van der Waals surface area contributed by atoms with E-state index in [0.29, 0.717) is 4.88 Å². The summed E-state index contributed by atoms with van der Waals surface area (Å²) in [4.78, 5) is 12.2. The summed E-state index contributed by atoms with van der Waals surface area (Å²) < 4.78 is 16.8. The molecule has 0 spiro atoms. The van der Waals surface area contributed by atoms with Crippen LogP contribution in [0.3, 0.4) is 0 Å². The van der Waals surface area contributed by atoms with Gasteiger partial charge in [-0.15, -0.1) is 11.3 Å². The Kier molecular flexibility index (Phi) is 2.20. The minimum atomic E-state index is -0.455. The van der Waals surface area contributed by atoms with Crippen molar-refractivity contribution in [1.82, 2.24) is 4.37 Å². The highest BCUT2D eigenvalue weighted by Crippen LogP contribution is 2.20. The van der Waals surface area contributed by atoms with E-state index in [9.17, 15) is 9.18 Å². The topological polar surface area (TPSA) is 30.0 Å². The summed E-state index contributed by atoms with van der Waals surface area (Å²) >= 11 is 2.19. The van der Waals surface area contributed by atoms with E-state index in [4.69, 9.17) is 0 Å². The Hall–Kier alpha value is -1.07. The molecule has 0 amide bonds. The fraction of sp³-hybridized carbons (Fsp3) is 0. The van der Waals surface area contributed by atoms with Gasteiger partial charge < -0.3 is 0 Å². The molecule has 2 aromatic rings. The van der Waals surface area contributed by atoms with Gasteiger partial charge in [0.15, 0.2) is 0 Å². The smallest absolute Gasteiger partial charge is 0.217 e. The first-order chi connectivity index (χ1) is 6.29. The van der Waals surface area contributed by atoms with Crippen LogP contribution in [0.4, 0.5) is 4.39 Å². The molecule has 2 aromatic heterocycles. The van der Waals surface area contributed by atoms with Gasteiger partial charge >= 0.3 is 0 Å². The molecule has 2 nitrogen and oxygen atoms in total. The molecule has 0 aromatic carbocycles. The molecular formula is C8H4FNOS2. The first-order valence-electron chi connectivity index (χ1n) is 3.47. The van der Waals surface area contributed by atoms with E-state index < -0.39 is 5.82 Å². The number of aromatic nitrogens is 1.